The van der Waals surface area contributed by atoms with E-state index in [1.165, 1.54) is 0 Å². The highest BCUT2D eigenvalue weighted by atomic mass is 16.3. The molecule has 0 fully saturated rings. The average Bonchev–Trinajstić information content (AvgIpc) is 2.22. The molecule has 0 rings (SSSR count). The van der Waals surface area contributed by atoms with E-state index in [-0.39, 0.29) is 17.4 Å². The lowest BCUT2D eigenvalue weighted by atomic mass is 9.83. The van der Waals surface area contributed by atoms with Gasteiger partial charge in [0, 0.05) is 0 Å². The molecule has 0 saturated carbocycles. The molecule has 0 aromatic carbocycles. The van der Waals surface area contributed by atoms with Crippen molar-refractivity contribution < 1.29 is 5.11 Å². The van der Waals surface area contributed by atoms with E-state index < -0.39 is 0 Å². The molecule has 0 aliphatic rings. The van der Waals surface area contributed by atoms with Crippen LogP contribution in [0.3, 0.4) is 0 Å². The topological polar surface area (TPSA) is 20.2 Å². The molecule has 0 amide bonds. The Bertz CT molecular complexity index is 261. The summed E-state index contributed by atoms with van der Waals surface area (Å²) in [5.41, 5.74) is 1.24. The fourth-order valence-electron chi connectivity index (χ4n) is 1.45. The third-order valence-corrected chi connectivity index (χ3v) is 2.89. The molecule has 0 aromatic rings. The van der Waals surface area contributed by atoms with E-state index in [9.17, 15) is 5.11 Å². The lowest BCUT2D eigenvalue weighted by Gasteiger charge is -2.24. The van der Waals surface area contributed by atoms with Gasteiger partial charge in [-0.2, -0.15) is 0 Å². The Hall–Kier alpha value is -0.820. The van der Waals surface area contributed by atoms with Crippen LogP contribution >= 0.6 is 0 Å². The zero-order valence-electron chi connectivity index (χ0n) is 11.2. The number of rotatable bonds is 7. The molecular formula is C15H26O. The van der Waals surface area contributed by atoms with Gasteiger partial charge in [0.25, 0.3) is 0 Å². The van der Waals surface area contributed by atoms with Crippen molar-refractivity contribution >= 4 is 0 Å². The van der Waals surface area contributed by atoms with Crippen molar-refractivity contribution in [1.82, 2.24) is 0 Å². The van der Waals surface area contributed by atoms with E-state index >= 15 is 0 Å². The van der Waals surface area contributed by atoms with Gasteiger partial charge < -0.3 is 5.11 Å². The third-order valence-electron chi connectivity index (χ3n) is 2.89. The van der Waals surface area contributed by atoms with Gasteiger partial charge in [-0.25, -0.2) is 0 Å². The molecule has 0 radical (unpaired) electrons. The van der Waals surface area contributed by atoms with E-state index in [0.29, 0.717) is 0 Å². The maximum absolute atomic E-state index is 9.59. The Balaban J connectivity index is 4.17. The van der Waals surface area contributed by atoms with Crippen LogP contribution in [0.2, 0.25) is 0 Å². The smallest absolute Gasteiger partial charge is 0.0743 e. The van der Waals surface area contributed by atoms with Crippen molar-refractivity contribution in [3.05, 3.63) is 37.0 Å². The van der Waals surface area contributed by atoms with Gasteiger partial charge >= 0.3 is 0 Å². The van der Waals surface area contributed by atoms with Crippen molar-refractivity contribution in [3.63, 3.8) is 0 Å². The van der Waals surface area contributed by atoms with Gasteiger partial charge in [0.2, 0.25) is 0 Å². The molecule has 16 heavy (non-hydrogen) atoms. The van der Waals surface area contributed by atoms with Crippen molar-refractivity contribution in [2.75, 3.05) is 0 Å². The Morgan fingerprint density at radius 3 is 2.44 bits per heavy atom. The Morgan fingerprint density at radius 2 is 2.00 bits per heavy atom. The predicted octanol–water partition coefficient (Wildman–Crippen LogP) is 4.11. The van der Waals surface area contributed by atoms with Gasteiger partial charge in [-0.15, -0.1) is 6.58 Å². The summed E-state index contributed by atoms with van der Waals surface area (Å²) in [5, 5.41) is 9.59. The van der Waals surface area contributed by atoms with Crippen LogP contribution in [0.4, 0.5) is 0 Å². The number of allylic oxidation sites excluding steroid dienone is 3. The molecule has 0 bridgehead atoms. The zero-order valence-corrected chi connectivity index (χ0v) is 11.2. The lowest BCUT2D eigenvalue weighted by Crippen LogP contribution is -2.17. The SMILES string of the molecule is C=CC(O)C(C)CCC(C)(C)/C=C/C(=C)C. The minimum Gasteiger partial charge on any atom is -0.389 e. The lowest BCUT2D eigenvalue weighted by molar-refractivity contribution is 0.149. The quantitative estimate of drug-likeness (QED) is 0.508. The summed E-state index contributed by atoms with van der Waals surface area (Å²) in [7, 11) is 0. The normalized spacial score (nSPS) is 16.1. The van der Waals surface area contributed by atoms with Crippen LogP contribution < -0.4 is 0 Å². The van der Waals surface area contributed by atoms with Crippen molar-refractivity contribution in [3.8, 4) is 0 Å². The molecule has 0 heterocycles. The molecule has 0 aliphatic carbocycles. The van der Waals surface area contributed by atoms with Crippen LogP contribution in [0.5, 0.6) is 0 Å². The van der Waals surface area contributed by atoms with Crippen LogP contribution in [-0.4, -0.2) is 11.2 Å². The highest BCUT2D eigenvalue weighted by Crippen LogP contribution is 2.27. The fourth-order valence-corrected chi connectivity index (χ4v) is 1.45. The Kier molecular flexibility index (Phi) is 6.35. The minimum atomic E-state index is -0.388. The highest BCUT2D eigenvalue weighted by molar-refractivity contribution is 5.13. The van der Waals surface area contributed by atoms with Crippen molar-refractivity contribution in [2.45, 2.75) is 46.6 Å². The molecule has 2 atom stereocenters. The van der Waals surface area contributed by atoms with Crippen LogP contribution in [0, 0.1) is 11.3 Å². The van der Waals surface area contributed by atoms with Crippen LogP contribution in [0.25, 0.3) is 0 Å². The third kappa shape index (κ3) is 6.62. The van der Waals surface area contributed by atoms with Crippen LogP contribution in [0.15, 0.2) is 37.0 Å². The summed E-state index contributed by atoms with van der Waals surface area (Å²) < 4.78 is 0. The Morgan fingerprint density at radius 1 is 1.44 bits per heavy atom. The molecular weight excluding hydrogens is 196 g/mol. The largest absolute Gasteiger partial charge is 0.389 e. The van der Waals surface area contributed by atoms with E-state index in [0.717, 1.165) is 18.4 Å². The van der Waals surface area contributed by atoms with Gasteiger partial charge in [-0.3, -0.25) is 0 Å². The van der Waals surface area contributed by atoms with Gasteiger partial charge in [-0.1, -0.05) is 51.2 Å². The first kappa shape index (κ1) is 15.2. The number of hydrogen-bond acceptors (Lipinski definition) is 1. The van der Waals surface area contributed by atoms with E-state index in [4.69, 9.17) is 0 Å². The second-order valence-electron chi connectivity index (χ2n) is 5.41. The van der Waals surface area contributed by atoms with E-state index in [1.807, 2.05) is 6.92 Å². The van der Waals surface area contributed by atoms with Gasteiger partial charge in [0.15, 0.2) is 0 Å². The maximum Gasteiger partial charge on any atom is 0.0743 e. The van der Waals surface area contributed by atoms with Gasteiger partial charge in [0.1, 0.15) is 0 Å². The molecule has 2 unspecified atom stereocenters. The standard InChI is InChI=1S/C15H26O/c1-7-14(16)13(4)9-11-15(5,6)10-8-12(2)3/h7-8,10,13-14,16H,1-2,9,11H2,3-6H3/b10-8+. The summed E-state index contributed by atoms with van der Waals surface area (Å²) in [6.45, 7) is 15.9. The second-order valence-corrected chi connectivity index (χ2v) is 5.41. The number of aliphatic hydroxyl groups is 1. The summed E-state index contributed by atoms with van der Waals surface area (Å²) >= 11 is 0. The second kappa shape index (κ2) is 6.70. The summed E-state index contributed by atoms with van der Waals surface area (Å²) in [6, 6.07) is 0. The fraction of sp³-hybridized carbons (Fsp3) is 0.600. The number of hydrogen-bond donors (Lipinski definition) is 1. The first-order chi connectivity index (χ1) is 7.28. The van der Waals surface area contributed by atoms with Crippen LogP contribution in [-0.2, 0) is 0 Å². The first-order valence-corrected chi connectivity index (χ1v) is 5.94. The van der Waals surface area contributed by atoms with Gasteiger partial charge in [-0.05, 0) is 31.1 Å². The minimum absolute atomic E-state index is 0.161. The van der Waals surface area contributed by atoms with Crippen LogP contribution in [0.1, 0.15) is 40.5 Å². The van der Waals surface area contributed by atoms with Crippen molar-refractivity contribution in [2.24, 2.45) is 11.3 Å². The summed E-state index contributed by atoms with van der Waals surface area (Å²) in [5.74, 6) is 0.273. The number of aliphatic hydroxyl groups excluding tert-OH is 1. The molecule has 0 spiro atoms. The summed E-state index contributed by atoms with van der Waals surface area (Å²) in [6.07, 6.45) is 7.54. The van der Waals surface area contributed by atoms with Crippen molar-refractivity contribution in [1.29, 1.82) is 0 Å². The predicted molar refractivity (Wildman–Crippen MR) is 72.3 cm³/mol. The summed E-state index contributed by atoms with van der Waals surface area (Å²) in [4.78, 5) is 0. The van der Waals surface area contributed by atoms with E-state index in [2.05, 4.69) is 46.1 Å². The first-order valence-electron chi connectivity index (χ1n) is 5.94. The highest BCUT2D eigenvalue weighted by Gasteiger charge is 2.17. The Labute approximate surface area is 101 Å². The molecule has 0 saturated heterocycles. The molecule has 0 aromatic heterocycles. The van der Waals surface area contributed by atoms with E-state index in [1.54, 1.807) is 6.08 Å². The average molecular weight is 222 g/mol. The molecule has 1 N–H and O–H groups in total. The monoisotopic (exact) mass is 222 g/mol. The molecule has 0 aliphatic heterocycles. The molecule has 1 nitrogen and oxygen atoms in total. The zero-order chi connectivity index (χ0) is 12.8. The molecule has 1 heteroatoms. The molecule has 92 valence electrons. The maximum atomic E-state index is 9.59. The van der Waals surface area contributed by atoms with Gasteiger partial charge in [0.05, 0.1) is 6.10 Å².